The predicted molar refractivity (Wildman–Crippen MR) is 140 cm³/mol. The van der Waals surface area contributed by atoms with Gasteiger partial charge >= 0.3 is 0 Å². The Kier molecular flexibility index (Phi) is 7.92. The Bertz CT molecular complexity index is 1290. The molecule has 2 atom stereocenters. The summed E-state index contributed by atoms with van der Waals surface area (Å²) in [7, 11) is -3.85. The lowest BCUT2D eigenvalue weighted by Crippen LogP contribution is -2.48. The van der Waals surface area contributed by atoms with Crippen LogP contribution in [0.4, 0.5) is 17.3 Å². The summed E-state index contributed by atoms with van der Waals surface area (Å²) in [6.45, 7) is 12.8. The van der Waals surface area contributed by atoms with E-state index < -0.39 is 26.9 Å². The lowest BCUT2D eigenvalue weighted by atomic mass is 10.0. The van der Waals surface area contributed by atoms with Gasteiger partial charge in [-0.3, -0.25) is 0 Å². The van der Waals surface area contributed by atoms with Crippen LogP contribution in [-0.2, 0) is 10.0 Å². The van der Waals surface area contributed by atoms with Crippen molar-refractivity contribution in [1.29, 1.82) is 0 Å². The van der Waals surface area contributed by atoms with E-state index in [0.717, 1.165) is 35.0 Å². The molecule has 0 radical (unpaired) electrons. The topological polar surface area (TPSA) is 147 Å². The molecule has 1 aliphatic rings. The van der Waals surface area contributed by atoms with E-state index >= 15 is 0 Å². The molecule has 14 heteroatoms. The number of piperazine rings is 1. The lowest BCUT2D eigenvalue weighted by molar-refractivity contribution is 0.196. The number of aryl methyl sites for hydroxylation is 2. The molecular weight excluding hydrogens is 524 g/mol. The molecule has 3 N–H and O–H groups in total. The zero-order valence-electron chi connectivity index (χ0n) is 20.9. The van der Waals surface area contributed by atoms with Crippen LogP contribution in [0.3, 0.4) is 0 Å². The Labute approximate surface area is 218 Å². The van der Waals surface area contributed by atoms with E-state index in [2.05, 4.69) is 24.3 Å². The molecule has 1 fully saturated rings. The van der Waals surface area contributed by atoms with Gasteiger partial charge < -0.3 is 29.6 Å². The van der Waals surface area contributed by atoms with Crippen molar-refractivity contribution in [2.75, 3.05) is 43.4 Å². The number of sulfonamides is 1. The summed E-state index contributed by atoms with van der Waals surface area (Å²) in [5, 5.41) is 18.5. The quantitative estimate of drug-likeness (QED) is 0.330. The monoisotopic (exact) mass is 556 g/mol. The number of rotatable bonds is 9. The molecule has 11 nitrogen and oxygen atoms in total. The van der Waals surface area contributed by atoms with Crippen molar-refractivity contribution in [3.05, 3.63) is 28.5 Å². The molecule has 36 heavy (non-hydrogen) atoms. The second-order valence-corrected chi connectivity index (χ2v) is 13.0. The van der Waals surface area contributed by atoms with Crippen molar-refractivity contribution in [2.24, 2.45) is 5.92 Å². The van der Waals surface area contributed by atoms with E-state index in [4.69, 9.17) is 4.42 Å². The molecule has 0 aliphatic carbocycles. The maximum Gasteiger partial charge on any atom is 0.256 e. The fraction of sp³-hybridized carbons (Fsp3) is 0.545. The van der Waals surface area contributed by atoms with E-state index in [-0.39, 0.29) is 33.5 Å². The van der Waals surface area contributed by atoms with Crippen LogP contribution in [0.15, 0.2) is 20.1 Å². The fourth-order valence-electron chi connectivity index (χ4n) is 4.05. The van der Waals surface area contributed by atoms with E-state index in [1.165, 1.54) is 9.69 Å². The summed E-state index contributed by atoms with van der Waals surface area (Å²) in [5.41, 5.74) is 1.18. The summed E-state index contributed by atoms with van der Waals surface area (Å²) in [4.78, 5) is 2.18. The van der Waals surface area contributed by atoms with E-state index in [1.807, 2.05) is 40.7 Å². The van der Waals surface area contributed by atoms with Crippen molar-refractivity contribution < 1.29 is 22.5 Å². The number of furan rings is 1. The van der Waals surface area contributed by atoms with Gasteiger partial charge in [0.15, 0.2) is 21.1 Å². The molecule has 4 rings (SSSR count). The number of likely N-dealkylation sites (N-methyl/N-ethyl adjacent to an activating group) is 1. The van der Waals surface area contributed by atoms with Crippen molar-refractivity contribution in [3.8, 4) is 5.75 Å². The van der Waals surface area contributed by atoms with Gasteiger partial charge in [-0.05, 0) is 37.9 Å². The van der Waals surface area contributed by atoms with Crippen LogP contribution in [0.1, 0.15) is 43.9 Å². The molecule has 1 unspecified atom stereocenters. The Hall–Kier alpha value is -2.23. The number of nitrogens with zero attached hydrogens (tertiary/aromatic N) is 4. The zero-order valence-corrected chi connectivity index (χ0v) is 23.4. The number of thiophene rings is 1. The first-order chi connectivity index (χ1) is 17.0. The largest absolute Gasteiger partial charge is 0.546 e. The molecule has 198 valence electrons. The summed E-state index contributed by atoms with van der Waals surface area (Å²) < 4.78 is 53.8. The smallest absolute Gasteiger partial charge is 0.256 e. The van der Waals surface area contributed by atoms with Gasteiger partial charge in [-0.2, -0.15) is 4.31 Å². The van der Waals surface area contributed by atoms with Crippen molar-refractivity contribution in [1.82, 2.24) is 18.0 Å². The maximum absolute atomic E-state index is 13.2. The van der Waals surface area contributed by atoms with E-state index in [9.17, 15) is 18.1 Å². The molecule has 0 aromatic carbocycles. The van der Waals surface area contributed by atoms with Gasteiger partial charge in [0.25, 0.3) is 10.0 Å². The SMILES string of the molecule is CCN1CCN(S(=O)(=O)c2scc(Nc3n[s+]([O-])nc3N[C@@H](c3cc(C)c(C)o3)C(C)C)c2O)CC1. The number of hydrogen-bond donors (Lipinski definition) is 3. The molecule has 4 heterocycles. The highest BCUT2D eigenvalue weighted by atomic mass is 32.2. The zero-order chi connectivity index (χ0) is 26.2. The van der Waals surface area contributed by atoms with Gasteiger partial charge in [-0.1, -0.05) is 20.8 Å². The molecule has 0 amide bonds. The third-order valence-corrected chi connectivity index (χ3v) is 10.4. The standard InChI is InChI=1S/C22H32N6O5S3/c1-6-27-7-9-28(10-8-27)36(31,32)22-19(29)16(12-34-22)23-20-21(26-35(30)25-20)24-18(13(2)3)17-11-14(4)15(5)33-17/h11-13,18,29H,6-10H2,1-5H3,(H,23,25)(H,24,26)/t18-,35?/m1/s1. The minimum atomic E-state index is -3.85. The first-order valence-corrected chi connectivity index (χ1v) is 15.1. The van der Waals surface area contributed by atoms with Crippen LogP contribution in [0.2, 0.25) is 0 Å². The van der Waals surface area contributed by atoms with Gasteiger partial charge in [0.1, 0.15) is 11.5 Å². The Morgan fingerprint density at radius 1 is 1.22 bits per heavy atom. The Morgan fingerprint density at radius 2 is 1.89 bits per heavy atom. The van der Waals surface area contributed by atoms with E-state index in [0.29, 0.717) is 26.2 Å². The van der Waals surface area contributed by atoms with Crippen LogP contribution >= 0.6 is 22.5 Å². The van der Waals surface area contributed by atoms with Crippen LogP contribution in [0, 0.1) is 19.8 Å². The molecule has 1 saturated heterocycles. The van der Waals surface area contributed by atoms with Crippen LogP contribution in [0.25, 0.3) is 0 Å². The number of anilines is 3. The fourth-order valence-corrected chi connectivity index (χ4v) is 7.47. The normalized spacial score (nSPS) is 17.0. The highest BCUT2D eigenvalue weighted by Gasteiger charge is 2.33. The number of aromatic nitrogens is 2. The van der Waals surface area contributed by atoms with Gasteiger partial charge in [0.2, 0.25) is 11.6 Å². The first kappa shape index (κ1) is 26.8. The second-order valence-electron chi connectivity index (χ2n) is 9.11. The molecule has 1 aliphatic heterocycles. The van der Waals surface area contributed by atoms with Gasteiger partial charge in [-0.15, -0.1) is 11.3 Å². The van der Waals surface area contributed by atoms with Gasteiger partial charge in [-0.25, -0.2) is 8.42 Å². The molecule has 3 aromatic rings. The average Bonchev–Trinajstić information content (AvgIpc) is 3.49. The second kappa shape index (κ2) is 10.6. The Morgan fingerprint density at radius 3 is 2.47 bits per heavy atom. The highest BCUT2D eigenvalue weighted by Crippen LogP contribution is 2.42. The summed E-state index contributed by atoms with van der Waals surface area (Å²) in [6, 6.07) is 1.68. The summed E-state index contributed by atoms with van der Waals surface area (Å²) in [6.07, 6.45) is 0. The summed E-state index contributed by atoms with van der Waals surface area (Å²) >= 11 is -0.929. The third-order valence-electron chi connectivity index (χ3n) is 6.35. The van der Waals surface area contributed by atoms with Crippen LogP contribution in [0.5, 0.6) is 5.75 Å². The maximum atomic E-state index is 13.2. The lowest BCUT2D eigenvalue weighted by Gasteiger charge is -2.32. The first-order valence-electron chi connectivity index (χ1n) is 11.7. The van der Waals surface area contributed by atoms with Gasteiger partial charge in [0.05, 0.1) is 11.7 Å². The molecule has 0 spiro atoms. The van der Waals surface area contributed by atoms with Crippen LogP contribution in [-0.4, -0.2) is 68.8 Å². The van der Waals surface area contributed by atoms with E-state index in [1.54, 1.807) is 0 Å². The van der Waals surface area contributed by atoms with Crippen molar-refractivity contribution in [3.63, 3.8) is 0 Å². The third kappa shape index (κ3) is 5.38. The number of hydrogen-bond acceptors (Lipinski definition) is 11. The minimum Gasteiger partial charge on any atom is -0.546 e. The average molecular weight is 557 g/mol. The van der Waals surface area contributed by atoms with Crippen molar-refractivity contribution in [2.45, 2.75) is 44.9 Å². The number of aromatic hydroxyl groups is 1. The number of nitrogens with one attached hydrogen (secondary N) is 2. The van der Waals surface area contributed by atoms with Crippen LogP contribution < -0.4 is 10.6 Å². The molecule has 0 saturated carbocycles. The predicted octanol–water partition coefficient (Wildman–Crippen LogP) is 4.06. The molecular formula is C22H32N6O5S3. The highest BCUT2D eigenvalue weighted by molar-refractivity contribution is 7.91. The summed E-state index contributed by atoms with van der Waals surface area (Å²) in [5.74, 6) is 1.63. The molecule has 3 aromatic heterocycles. The minimum absolute atomic E-state index is 0.104. The van der Waals surface area contributed by atoms with Gasteiger partial charge in [0, 0.05) is 40.3 Å². The Balaban J connectivity index is 1.56. The molecule has 0 bridgehead atoms. The van der Waals surface area contributed by atoms with Crippen molar-refractivity contribution >= 4 is 49.8 Å².